The van der Waals surface area contributed by atoms with Crippen molar-refractivity contribution in [2.45, 2.75) is 58.0 Å². The van der Waals surface area contributed by atoms with Gasteiger partial charge in [-0.15, -0.1) is 0 Å². The molecule has 3 aromatic rings. The van der Waals surface area contributed by atoms with Gasteiger partial charge in [-0.1, -0.05) is 13.8 Å². The van der Waals surface area contributed by atoms with Gasteiger partial charge in [0.15, 0.2) is 17.3 Å². The average Bonchev–Trinajstić information content (AvgIpc) is 3.71. The summed E-state index contributed by atoms with van der Waals surface area (Å²) in [6, 6.07) is 6.02. The van der Waals surface area contributed by atoms with Gasteiger partial charge < -0.3 is 29.3 Å². The number of fused-ring (bicyclic) bond motifs is 1. The minimum Gasteiger partial charge on any atom is -0.493 e. The summed E-state index contributed by atoms with van der Waals surface area (Å²) in [5.74, 6) is 4.13. The predicted molar refractivity (Wildman–Crippen MR) is 150 cm³/mol. The minimum absolute atomic E-state index is 0.287. The highest BCUT2D eigenvalue weighted by Crippen LogP contribution is 2.40. The summed E-state index contributed by atoms with van der Waals surface area (Å²) in [6.07, 6.45) is 5.57. The van der Waals surface area contributed by atoms with E-state index in [9.17, 15) is 0 Å². The van der Waals surface area contributed by atoms with Crippen molar-refractivity contribution >= 4 is 28.5 Å². The maximum absolute atomic E-state index is 6.20. The molecule has 0 bridgehead atoms. The fourth-order valence-electron chi connectivity index (χ4n) is 5.06. The van der Waals surface area contributed by atoms with E-state index < -0.39 is 0 Å². The van der Waals surface area contributed by atoms with Crippen LogP contribution in [-0.4, -0.2) is 84.7 Å². The van der Waals surface area contributed by atoms with Crippen molar-refractivity contribution in [3.05, 3.63) is 23.9 Å². The number of nitrogens with one attached hydrogen (secondary N) is 2. The maximum atomic E-state index is 6.20. The largest absolute Gasteiger partial charge is 0.493 e. The zero-order chi connectivity index (χ0) is 26.5. The lowest BCUT2D eigenvalue weighted by molar-refractivity contribution is 0.0817. The minimum atomic E-state index is 0.287. The van der Waals surface area contributed by atoms with Gasteiger partial charge in [0.2, 0.25) is 5.95 Å². The Bertz CT molecular complexity index is 1200. The first-order valence-corrected chi connectivity index (χ1v) is 14.0. The molecule has 3 heterocycles. The molecule has 0 radical (unpaired) electrons. The molecule has 0 amide bonds. The topological polar surface area (TPSA) is 101 Å². The first-order chi connectivity index (χ1) is 18.6. The molecule has 1 saturated carbocycles. The quantitative estimate of drug-likeness (QED) is 0.309. The number of piperidine rings is 1. The number of hydrogen-bond donors (Lipinski definition) is 2. The molecule has 0 atom stereocenters. The standard InChI is InChI=1S/C28H41N7O3/c1-5-34(6-2)12-7-15-38-25-17-23-21(16-24(25)37-4)27(30-26-18-22(32-33-26)19-8-9-19)31-28(29-23)35-13-10-20(36-3)11-14-35/h16-20H,5-15H2,1-4H3,(H2,29,30,31,32,33). The second kappa shape index (κ2) is 12.2. The van der Waals surface area contributed by atoms with Crippen LogP contribution in [-0.2, 0) is 4.74 Å². The molecule has 2 N–H and O–H groups in total. The maximum Gasteiger partial charge on any atom is 0.227 e. The smallest absolute Gasteiger partial charge is 0.227 e. The van der Waals surface area contributed by atoms with Gasteiger partial charge >= 0.3 is 0 Å². The molecule has 5 rings (SSSR count). The molecule has 2 aromatic heterocycles. The fourth-order valence-corrected chi connectivity index (χ4v) is 5.06. The Morgan fingerprint density at radius 1 is 1.03 bits per heavy atom. The Kier molecular flexibility index (Phi) is 8.48. The van der Waals surface area contributed by atoms with Gasteiger partial charge in [0.1, 0.15) is 5.82 Å². The SMILES string of the molecule is CCN(CC)CCCOc1cc2nc(N3CCC(OC)CC3)nc(Nc3cc(C4CC4)[nH]n3)c2cc1OC. The number of rotatable bonds is 13. The summed E-state index contributed by atoms with van der Waals surface area (Å²) in [6.45, 7) is 9.79. The second-order valence-electron chi connectivity index (χ2n) is 10.2. The third-order valence-electron chi connectivity index (χ3n) is 7.66. The van der Waals surface area contributed by atoms with Crippen molar-refractivity contribution in [1.82, 2.24) is 25.1 Å². The molecule has 2 fully saturated rings. The third-order valence-corrected chi connectivity index (χ3v) is 7.66. The van der Waals surface area contributed by atoms with Gasteiger partial charge in [-0.05, 0) is 51.3 Å². The van der Waals surface area contributed by atoms with E-state index in [0.717, 1.165) is 68.7 Å². The Labute approximate surface area is 225 Å². The number of hydrogen-bond acceptors (Lipinski definition) is 9. The summed E-state index contributed by atoms with van der Waals surface area (Å²) < 4.78 is 17.5. The molecular weight excluding hydrogens is 482 g/mol. The van der Waals surface area contributed by atoms with Gasteiger partial charge in [0, 0.05) is 55.9 Å². The molecule has 2 aliphatic rings. The van der Waals surface area contributed by atoms with E-state index in [1.165, 1.54) is 18.5 Å². The first-order valence-electron chi connectivity index (χ1n) is 14.0. The van der Waals surface area contributed by atoms with Gasteiger partial charge in [0.25, 0.3) is 0 Å². The van der Waals surface area contributed by atoms with Crippen LogP contribution in [0.2, 0.25) is 0 Å². The van der Waals surface area contributed by atoms with Crippen LogP contribution < -0.4 is 19.7 Å². The van der Waals surface area contributed by atoms with Crippen LogP contribution in [0, 0.1) is 0 Å². The van der Waals surface area contributed by atoms with Crippen LogP contribution in [0.1, 0.15) is 57.6 Å². The molecule has 10 nitrogen and oxygen atoms in total. The Hall–Kier alpha value is -3.11. The lowest BCUT2D eigenvalue weighted by Crippen LogP contribution is -2.37. The van der Waals surface area contributed by atoms with E-state index in [1.54, 1.807) is 14.2 Å². The van der Waals surface area contributed by atoms with Crippen LogP contribution >= 0.6 is 0 Å². The Balaban J connectivity index is 1.43. The van der Waals surface area contributed by atoms with Crippen molar-refractivity contribution in [3.63, 3.8) is 0 Å². The van der Waals surface area contributed by atoms with Gasteiger partial charge in [0.05, 0.1) is 25.3 Å². The molecule has 1 aliphatic carbocycles. The number of aromatic nitrogens is 4. The monoisotopic (exact) mass is 523 g/mol. The van der Waals surface area contributed by atoms with E-state index in [-0.39, 0.29) is 6.10 Å². The lowest BCUT2D eigenvalue weighted by Gasteiger charge is -2.31. The molecule has 1 saturated heterocycles. The number of benzene rings is 1. The Morgan fingerprint density at radius 3 is 2.50 bits per heavy atom. The van der Waals surface area contributed by atoms with E-state index in [2.05, 4.69) is 45.2 Å². The number of nitrogens with zero attached hydrogens (tertiary/aromatic N) is 5. The molecule has 0 spiro atoms. The van der Waals surface area contributed by atoms with Crippen LogP contribution in [0.15, 0.2) is 18.2 Å². The van der Waals surface area contributed by atoms with Gasteiger partial charge in [-0.3, -0.25) is 5.10 Å². The first kappa shape index (κ1) is 26.5. The highest BCUT2D eigenvalue weighted by molar-refractivity contribution is 5.94. The second-order valence-corrected chi connectivity index (χ2v) is 10.2. The van der Waals surface area contributed by atoms with Crippen LogP contribution in [0.3, 0.4) is 0 Å². The van der Waals surface area contributed by atoms with E-state index in [1.807, 2.05) is 12.1 Å². The van der Waals surface area contributed by atoms with Crippen molar-refractivity contribution in [3.8, 4) is 11.5 Å². The van der Waals surface area contributed by atoms with Crippen LogP contribution in [0.5, 0.6) is 11.5 Å². The van der Waals surface area contributed by atoms with Crippen LogP contribution in [0.25, 0.3) is 10.9 Å². The van der Waals surface area contributed by atoms with E-state index >= 15 is 0 Å². The van der Waals surface area contributed by atoms with Crippen molar-refractivity contribution < 1.29 is 14.2 Å². The van der Waals surface area contributed by atoms with Crippen molar-refractivity contribution in [2.75, 3.05) is 63.8 Å². The normalized spacial score (nSPS) is 16.4. The number of aromatic amines is 1. The van der Waals surface area contributed by atoms with E-state index in [0.29, 0.717) is 35.8 Å². The molecule has 10 heteroatoms. The van der Waals surface area contributed by atoms with E-state index in [4.69, 9.17) is 24.2 Å². The van der Waals surface area contributed by atoms with Gasteiger partial charge in [-0.25, -0.2) is 4.98 Å². The average molecular weight is 524 g/mol. The molecule has 206 valence electrons. The summed E-state index contributed by atoms with van der Waals surface area (Å²) in [5.41, 5.74) is 1.98. The molecule has 38 heavy (non-hydrogen) atoms. The summed E-state index contributed by atoms with van der Waals surface area (Å²) in [5, 5.41) is 12.0. The fraction of sp³-hybridized carbons (Fsp3) is 0.607. The highest BCUT2D eigenvalue weighted by atomic mass is 16.5. The van der Waals surface area contributed by atoms with Gasteiger partial charge in [-0.2, -0.15) is 10.1 Å². The zero-order valence-electron chi connectivity index (χ0n) is 23.1. The highest BCUT2D eigenvalue weighted by Gasteiger charge is 2.26. The zero-order valence-corrected chi connectivity index (χ0v) is 23.1. The molecule has 1 aromatic carbocycles. The predicted octanol–water partition coefficient (Wildman–Crippen LogP) is 4.71. The summed E-state index contributed by atoms with van der Waals surface area (Å²) in [4.78, 5) is 14.6. The molecular formula is C28H41N7O3. The van der Waals surface area contributed by atoms with Crippen molar-refractivity contribution in [1.29, 1.82) is 0 Å². The molecule has 0 unspecified atom stereocenters. The number of anilines is 3. The number of ether oxygens (including phenoxy) is 3. The van der Waals surface area contributed by atoms with Crippen LogP contribution in [0.4, 0.5) is 17.6 Å². The number of methoxy groups -OCH3 is 2. The summed E-state index contributed by atoms with van der Waals surface area (Å²) in [7, 11) is 3.45. The molecule has 1 aliphatic heterocycles. The Morgan fingerprint density at radius 2 is 1.82 bits per heavy atom. The van der Waals surface area contributed by atoms with Crippen molar-refractivity contribution in [2.24, 2.45) is 0 Å². The summed E-state index contributed by atoms with van der Waals surface area (Å²) >= 11 is 0. The third kappa shape index (κ3) is 6.13. The number of H-pyrrole nitrogens is 1. The lowest BCUT2D eigenvalue weighted by atomic mass is 10.1.